The number of esters is 1. The third-order valence-electron chi connectivity index (χ3n) is 1.49. The van der Waals surface area contributed by atoms with Crippen molar-refractivity contribution in [2.75, 3.05) is 18.3 Å². The molecule has 1 heterocycles. The lowest BCUT2D eigenvalue weighted by Crippen LogP contribution is -2.05. The molecule has 0 aliphatic heterocycles. The molecule has 0 saturated heterocycles. The summed E-state index contributed by atoms with van der Waals surface area (Å²) in [6.45, 7) is 0. The molecule has 0 amide bonds. The maximum Gasteiger partial charge on any atom is 0.306 e. The van der Waals surface area contributed by atoms with E-state index in [9.17, 15) is 4.79 Å². The molecular weight excluding hydrogens is 236 g/mol. The van der Waals surface area contributed by atoms with Crippen LogP contribution in [0, 0.1) is 0 Å². The summed E-state index contributed by atoms with van der Waals surface area (Å²) in [5.74, 6) is 6.43. The van der Waals surface area contributed by atoms with Gasteiger partial charge in [0, 0.05) is 11.5 Å². The van der Waals surface area contributed by atoms with E-state index in [0.717, 1.165) is 16.5 Å². The maximum absolute atomic E-state index is 10.8. The zero-order valence-corrected chi connectivity index (χ0v) is 9.86. The molecular formula is C7H12N4O2S2. The summed E-state index contributed by atoms with van der Waals surface area (Å²) in [5.41, 5.74) is 2.43. The molecule has 1 rings (SSSR count). The quantitative estimate of drug-likeness (QED) is 0.330. The molecule has 0 aromatic carbocycles. The molecule has 0 aliphatic rings. The molecule has 1 aromatic rings. The van der Waals surface area contributed by atoms with Gasteiger partial charge >= 0.3 is 5.97 Å². The van der Waals surface area contributed by atoms with Gasteiger partial charge in [0.25, 0.3) is 0 Å². The van der Waals surface area contributed by atoms with Crippen molar-refractivity contribution in [3.05, 3.63) is 5.01 Å². The van der Waals surface area contributed by atoms with Gasteiger partial charge < -0.3 is 4.74 Å². The van der Waals surface area contributed by atoms with Gasteiger partial charge in [-0.2, -0.15) is 11.8 Å². The van der Waals surface area contributed by atoms with E-state index in [0.29, 0.717) is 11.6 Å². The Labute approximate surface area is 95.6 Å². The van der Waals surface area contributed by atoms with Gasteiger partial charge in [-0.15, -0.1) is 10.2 Å². The Balaban J connectivity index is 2.17. The molecule has 0 fully saturated rings. The van der Waals surface area contributed by atoms with Crippen LogP contribution in [0.5, 0.6) is 0 Å². The molecule has 3 N–H and O–H groups in total. The largest absolute Gasteiger partial charge is 0.469 e. The third-order valence-corrected chi connectivity index (χ3v) is 3.50. The number of aromatic nitrogens is 2. The van der Waals surface area contributed by atoms with Crippen molar-refractivity contribution in [2.45, 2.75) is 12.2 Å². The van der Waals surface area contributed by atoms with Gasteiger partial charge in [0.1, 0.15) is 5.01 Å². The predicted molar refractivity (Wildman–Crippen MR) is 60.5 cm³/mol. The van der Waals surface area contributed by atoms with Crippen LogP contribution in [0.1, 0.15) is 11.4 Å². The van der Waals surface area contributed by atoms with Gasteiger partial charge in [0.2, 0.25) is 5.13 Å². The molecule has 0 bridgehead atoms. The lowest BCUT2D eigenvalue weighted by atomic mass is 10.5. The van der Waals surface area contributed by atoms with Gasteiger partial charge in [0.05, 0.1) is 13.5 Å². The lowest BCUT2D eigenvalue weighted by Gasteiger charge is -1.97. The number of thioether (sulfide) groups is 1. The molecule has 0 aliphatic carbocycles. The second kappa shape index (κ2) is 6.59. The molecule has 84 valence electrons. The fraction of sp³-hybridized carbons (Fsp3) is 0.571. The van der Waals surface area contributed by atoms with E-state index in [-0.39, 0.29) is 5.97 Å². The number of nitrogen functional groups attached to an aromatic ring is 1. The van der Waals surface area contributed by atoms with Crippen molar-refractivity contribution >= 4 is 34.2 Å². The van der Waals surface area contributed by atoms with Gasteiger partial charge in [-0.3, -0.25) is 10.2 Å². The first-order valence-corrected chi connectivity index (χ1v) is 6.17. The summed E-state index contributed by atoms with van der Waals surface area (Å²) in [5, 5.41) is 9.19. The molecule has 15 heavy (non-hydrogen) atoms. The number of nitrogens with zero attached hydrogens (tertiary/aromatic N) is 2. The normalized spacial score (nSPS) is 10.0. The van der Waals surface area contributed by atoms with Crippen LogP contribution >= 0.6 is 23.1 Å². The number of hydrogen-bond acceptors (Lipinski definition) is 8. The smallest absolute Gasteiger partial charge is 0.306 e. The molecule has 8 heteroatoms. The van der Waals surface area contributed by atoms with Gasteiger partial charge in [0.15, 0.2) is 0 Å². The number of nitrogens with one attached hydrogen (secondary N) is 1. The minimum atomic E-state index is -0.191. The van der Waals surface area contributed by atoms with E-state index >= 15 is 0 Å². The van der Waals surface area contributed by atoms with E-state index in [1.807, 2.05) is 0 Å². The van der Waals surface area contributed by atoms with Crippen LogP contribution in [0.3, 0.4) is 0 Å². The Morgan fingerprint density at radius 3 is 3.07 bits per heavy atom. The first-order valence-electron chi connectivity index (χ1n) is 4.20. The molecule has 1 aromatic heterocycles. The van der Waals surface area contributed by atoms with E-state index in [1.54, 1.807) is 11.8 Å². The van der Waals surface area contributed by atoms with Crippen molar-refractivity contribution in [1.82, 2.24) is 10.2 Å². The number of ether oxygens (including phenoxy) is 1. The summed E-state index contributed by atoms with van der Waals surface area (Å²) in [6.07, 6.45) is 0.419. The summed E-state index contributed by atoms with van der Waals surface area (Å²) in [6, 6.07) is 0. The van der Waals surface area contributed by atoms with Crippen LogP contribution in [0.2, 0.25) is 0 Å². The van der Waals surface area contributed by atoms with Crippen molar-refractivity contribution in [2.24, 2.45) is 5.84 Å². The Morgan fingerprint density at radius 2 is 2.47 bits per heavy atom. The molecule has 0 atom stereocenters. The molecule has 6 nitrogen and oxygen atoms in total. The number of hydrogen-bond donors (Lipinski definition) is 2. The van der Waals surface area contributed by atoms with Crippen LogP contribution in [0.15, 0.2) is 0 Å². The predicted octanol–water partition coefficient (Wildman–Crippen LogP) is 0.620. The Kier molecular flexibility index (Phi) is 5.37. The number of carbonyl (C=O) groups is 1. The van der Waals surface area contributed by atoms with Crippen molar-refractivity contribution in [3.63, 3.8) is 0 Å². The molecule has 0 unspecified atom stereocenters. The van der Waals surface area contributed by atoms with E-state index in [4.69, 9.17) is 5.84 Å². The number of rotatable bonds is 6. The minimum Gasteiger partial charge on any atom is -0.469 e. The first-order chi connectivity index (χ1) is 7.26. The molecule has 0 spiro atoms. The number of anilines is 1. The van der Waals surface area contributed by atoms with Crippen LogP contribution in [0.4, 0.5) is 5.13 Å². The van der Waals surface area contributed by atoms with Crippen LogP contribution < -0.4 is 11.3 Å². The average molecular weight is 248 g/mol. The number of hydrazine groups is 1. The fourth-order valence-electron chi connectivity index (χ4n) is 0.787. The number of nitrogens with two attached hydrogens (primary N) is 1. The highest BCUT2D eigenvalue weighted by Gasteiger charge is 2.04. The van der Waals surface area contributed by atoms with Crippen LogP contribution in [-0.2, 0) is 15.3 Å². The summed E-state index contributed by atoms with van der Waals surface area (Å²) >= 11 is 3.01. The summed E-state index contributed by atoms with van der Waals surface area (Å²) < 4.78 is 4.52. The third kappa shape index (κ3) is 4.45. The van der Waals surface area contributed by atoms with Crippen molar-refractivity contribution < 1.29 is 9.53 Å². The van der Waals surface area contributed by atoms with E-state index in [2.05, 4.69) is 20.4 Å². The monoisotopic (exact) mass is 248 g/mol. The SMILES string of the molecule is COC(=O)CCSCc1nnc(NN)s1. The highest BCUT2D eigenvalue weighted by molar-refractivity contribution is 7.98. The number of methoxy groups -OCH3 is 1. The topological polar surface area (TPSA) is 90.1 Å². The molecule has 0 saturated carbocycles. The summed E-state index contributed by atoms with van der Waals surface area (Å²) in [7, 11) is 1.39. The van der Waals surface area contributed by atoms with Crippen LogP contribution in [0.25, 0.3) is 0 Å². The fourth-order valence-corrected chi connectivity index (χ4v) is 2.41. The minimum absolute atomic E-state index is 0.191. The lowest BCUT2D eigenvalue weighted by molar-refractivity contribution is -0.140. The highest BCUT2D eigenvalue weighted by atomic mass is 32.2. The second-order valence-corrected chi connectivity index (χ2v) is 4.69. The van der Waals surface area contributed by atoms with E-state index in [1.165, 1.54) is 18.4 Å². The zero-order valence-electron chi connectivity index (χ0n) is 8.23. The van der Waals surface area contributed by atoms with Crippen LogP contribution in [-0.4, -0.2) is 29.0 Å². The zero-order chi connectivity index (χ0) is 11.1. The highest BCUT2D eigenvalue weighted by Crippen LogP contribution is 2.19. The van der Waals surface area contributed by atoms with Gasteiger partial charge in [-0.05, 0) is 0 Å². The molecule has 0 radical (unpaired) electrons. The average Bonchev–Trinajstić information content (AvgIpc) is 2.72. The van der Waals surface area contributed by atoms with Crippen molar-refractivity contribution in [3.8, 4) is 0 Å². The first kappa shape index (κ1) is 12.2. The Hall–Kier alpha value is -0.860. The Morgan fingerprint density at radius 1 is 1.67 bits per heavy atom. The maximum atomic E-state index is 10.8. The van der Waals surface area contributed by atoms with Crippen molar-refractivity contribution in [1.29, 1.82) is 0 Å². The van der Waals surface area contributed by atoms with Gasteiger partial charge in [-0.25, -0.2) is 5.84 Å². The summed E-state index contributed by atoms with van der Waals surface area (Å²) in [4.78, 5) is 10.8. The standard InChI is InChI=1S/C7H12N4O2S2/c1-13-6(12)2-3-14-4-5-10-11-7(9-8)15-5/h2-4,8H2,1H3,(H,9,11). The van der Waals surface area contributed by atoms with E-state index < -0.39 is 0 Å². The van der Waals surface area contributed by atoms with Gasteiger partial charge in [-0.1, -0.05) is 11.3 Å². The number of carbonyl (C=O) groups excluding carboxylic acids is 1. The second-order valence-electron chi connectivity index (χ2n) is 2.52. The Bertz CT molecular complexity index is 318.